The fourth-order valence-electron chi connectivity index (χ4n) is 3.80. The highest BCUT2D eigenvalue weighted by molar-refractivity contribution is 5.97. The van der Waals surface area contributed by atoms with Crippen molar-refractivity contribution in [2.75, 3.05) is 13.1 Å². The summed E-state index contributed by atoms with van der Waals surface area (Å²) in [5.41, 5.74) is 3.77. The number of nitrogens with zero attached hydrogens (tertiary/aromatic N) is 5. The predicted molar refractivity (Wildman–Crippen MR) is 112 cm³/mol. The van der Waals surface area contributed by atoms with Crippen LogP contribution in [0.2, 0.25) is 0 Å². The van der Waals surface area contributed by atoms with Crippen LogP contribution in [0.15, 0.2) is 59.7 Å². The van der Waals surface area contributed by atoms with Gasteiger partial charge in [-0.2, -0.15) is 5.10 Å². The van der Waals surface area contributed by atoms with Crippen molar-refractivity contribution >= 4 is 16.9 Å². The summed E-state index contributed by atoms with van der Waals surface area (Å²) in [5.74, 6) is 1.01. The fourth-order valence-corrected chi connectivity index (χ4v) is 3.80. The largest absolute Gasteiger partial charge is 0.342 e. The molecule has 4 aromatic rings. The Hall–Kier alpha value is -3.81. The van der Waals surface area contributed by atoms with E-state index in [2.05, 4.69) is 20.1 Å². The van der Waals surface area contributed by atoms with Gasteiger partial charge in [0.15, 0.2) is 0 Å². The molecule has 0 saturated carbocycles. The average molecular weight is 400 g/mol. The number of nitrogens with one attached hydrogen (secondary N) is 1. The van der Waals surface area contributed by atoms with E-state index in [-0.39, 0.29) is 17.4 Å². The molecular formula is C22H20N6O2. The van der Waals surface area contributed by atoms with Crippen LogP contribution in [0.25, 0.3) is 22.3 Å². The number of pyridine rings is 1. The van der Waals surface area contributed by atoms with Crippen LogP contribution in [-0.2, 0) is 6.54 Å². The van der Waals surface area contributed by atoms with Crippen molar-refractivity contribution in [1.82, 2.24) is 29.6 Å². The molecule has 30 heavy (non-hydrogen) atoms. The van der Waals surface area contributed by atoms with Gasteiger partial charge in [-0.3, -0.25) is 14.6 Å². The molecule has 1 amide bonds. The first-order chi connectivity index (χ1) is 14.6. The second-order valence-corrected chi connectivity index (χ2v) is 7.61. The zero-order chi connectivity index (χ0) is 20.7. The smallest absolute Gasteiger partial charge is 0.266 e. The van der Waals surface area contributed by atoms with Gasteiger partial charge in [0, 0.05) is 48.6 Å². The zero-order valence-electron chi connectivity index (χ0n) is 16.4. The number of benzene rings is 1. The summed E-state index contributed by atoms with van der Waals surface area (Å²) in [6.45, 7) is 3.57. The van der Waals surface area contributed by atoms with Crippen LogP contribution in [0, 0.1) is 12.8 Å². The molecule has 0 aliphatic carbocycles. The van der Waals surface area contributed by atoms with Crippen molar-refractivity contribution in [1.29, 1.82) is 0 Å². The summed E-state index contributed by atoms with van der Waals surface area (Å²) < 4.78 is 1.48. The number of aromatic amines is 1. The molecule has 1 saturated heterocycles. The van der Waals surface area contributed by atoms with Crippen molar-refractivity contribution in [3.8, 4) is 11.3 Å². The van der Waals surface area contributed by atoms with Gasteiger partial charge < -0.3 is 9.88 Å². The maximum atomic E-state index is 12.8. The number of aryl methyl sites for hydroxylation is 1. The van der Waals surface area contributed by atoms with E-state index in [1.807, 2.05) is 37.3 Å². The maximum absolute atomic E-state index is 12.8. The number of carbonyl (C=O) groups excluding carboxylic acids is 1. The molecule has 4 heterocycles. The van der Waals surface area contributed by atoms with Gasteiger partial charge in [0.25, 0.3) is 11.5 Å². The third-order valence-electron chi connectivity index (χ3n) is 5.35. The number of hydrogen-bond donors (Lipinski definition) is 1. The topological polar surface area (TPSA) is 96.8 Å². The number of aromatic nitrogens is 5. The van der Waals surface area contributed by atoms with Gasteiger partial charge in [-0.1, -0.05) is 0 Å². The number of hydrogen-bond acceptors (Lipinski definition) is 5. The highest BCUT2D eigenvalue weighted by atomic mass is 16.2. The SMILES string of the molecule is Cc1nc2ccc(C(=O)N3CC(Cn4nc(-c5cccnc5)ccc4=O)C3)cc2[nH]1. The molecule has 150 valence electrons. The Morgan fingerprint density at radius 2 is 2.07 bits per heavy atom. The second kappa shape index (κ2) is 7.22. The minimum Gasteiger partial charge on any atom is -0.342 e. The van der Waals surface area contributed by atoms with Gasteiger partial charge in [0.1, 0.15) is 5.82 Å². The van der Waals surface area contributed by atoms with E-state index < -0.39 is 0 Å². The maximum Gasteiger partial charge on any atom is 0.266 e. The minimum atomic E-state index is -0.146. The van der Waals surface area contributed by atoms with Gasteiger partial charge in [-0.15, -0.1) is 0 Å². The first kappa shape index (κ1) is 18.2. The van der Waals surface area contributed by atoms with E-state index in [1.165, 1.54) is 10.7 Å². The van der Waals surface area contributed by atoms with Crippen LogP contribution in [0.4, 0.5) is 0 Å². The molecule has 8 heteroatoms. The number of imidazole rings is 1. The van der Waals surface area contributed by atoms with E-state index in [0.717, 1.165) is 22.4 Å². The third-order valence-corrected chi connectivity index (χ3v) is 5.35. The van der Waals surface area contributed by atoms with Crippen molar-refractivity contribution in [2.45, 2.75) is 13.5 Å². The molecule has 0 unspecified atom stereocenters. The highest BCUT2D eigenvalue weighted by Crippen LogP contribution is 2.22. The monoisotopic (exact) mass is 400 g/mol. The van der Waals surface area contributed by atoms with Crippen molar-refractivity contribution < 1.29 is 4.79 Å². The van der Waals surface area contributed by atoms with E-state index in [1.54, 1.807) is 23.4 Å². The Kier molecular flexibility index (Phi) is 4.39. The summed E-state index contributed by atoms with van der Waals surface area (Å²) in [6, 6.07) is 12.5. The van der Waals surface area contributed by atoms with Crippen LogP contribution >= 0.6 is 0 Å². The lowest BCUT2D eigenvalue weighted by Crippen LogP contribution is -2.52. The zero-order valence-corrected chi connectivity index (χ0v) is 16.4. The number of rotatable bonds is 4. The highest BCUT2D eigenvalue weighted by Gasteiger charge is 2.32. The van der Waals surface area contributed by atoms with Crippen molar-refractivity contribution in [3.63, 3.8) is 0 Å². The average Bonchev–Trinajstić information content (AvgIpc) is 3.11. The lowest BCUT2D eigenvalue weighted by molar-refractivity contribution is 0.0459. The van der Waals surface area contributed by atoms with E-state index in [4.69, 9.17) is 0 Å². The lowest BCUT2D eigenvalue weighted by atomic mass is 9.98. The molecule has 0 radical (unpaired) electrons. The molecule has 0 spiro atoms. The van der Waals surface area contributed by atoms with Gasteiger partial charge >= 0.3 is 0 Å². The minimum absolute atomic E-state index is 0.00943. The molecule has 1 aromatic carbocycles. The summed E-state index contributed by atoms with van der Waals surface area (Å²) in [6.07, 6.45) is 3.42. The van der Waals surface area contributed by atoms with Gasteiger partial charge in [0.2, 0.25) is 0 Å². The number of H-pyrrole nitrogens is 1. The third kappa shape index (κ3) is 3.36. The second-order valence-electron chi connectivity index (χ2n) is 7.61. The molecule has 3 aromatic heterocycles. The van der Waals surface area contributed by atoms with E-state index in [0.29, 0.717) is 30.9 Å². The Morgan fingerprint density at radius 3 is 2.87 bits per heavy atom. The van der Waals surface area contributed by atoms with Gasteiger partial charge in [-0.25, -0.2) is 9.67 Å². The molecule has 8 nitrogen and oxygen atoms in total. The number of fused-ring (bicyclic) bond motifs is 1. The van der Waals surface area contributed by atoms with E-state index >= 15 is 0 Å². The lowest BCUT2D eigenvalue weighted by Gasteiger charge is -2.39. The first-order valence-electron chi connectivity index (χ1n) is 9.81. The van der Waals surface area contributed by atoms with Crippen molar-refractivity contribution in [3.05, 3.63) is 76.6 Å². The Labute approximate surface area is 172 Å². The van der Waals surface area contributed by atoms with Crippen LogP contribution in [0.1, 0.15) is 16.2 Å². The standard InChI is InChI=1S/C22H20N6O2/c1-14-24-19-5-4-16(9-20(19)25-14)22(30)27-11-15(12-27)13-28-21(29)7-6-18(26-28)17-3-2-8-23-10-17/h2-10,15H,11-13H2,1H3,(H,24,25). The Morgan fingerprint density at radius 1 is 1.20 bits per heavy atom. The Balaban J connectivity index is 1.27. The summed E-state index contributed by atoms with van der Waals surface area (Å²) >= 11 is 0. The van der Waals surface area contributed by atoms with Gasteiger partial charge in [-0.05, 0) is 43.3 Å². The molecule has 1 aliphatic rings. The van der Waals surface area contributed by atoms with Crippen LogP contribution in [0.3, 0.4) is 0 Å². The van der Waals surface area contributed by atoms with E-state index in [9.17, 15) is 9.59 Å². The summed E-state index contributed by atoms with van der Waals surface area (Å²) in [7, 11) is 0. The van der Waals surface area contributed by atoms with Crippen LogP contribution in [-0.4, -0.2) is 48.6 Å². The summed E-state index contributed by atoms with van der Waals surface area (Å²) in [4.78, 5) is 38.4. The number of likely N-dealkylation sites (tertiary alicyclic amines) is 1. The molecule has 5 rings (SSSR count). The van der Waals surface area contributed by atoms with Crippen LogP contribution in [0.5, 0.6) is 0 Å². The molecule has 1 aliphatic heterocycles. The van der Waals surface area contributed by atoms with Crippen molar-refractivity contribution in [2.24, 2.45) is 5.92 Å². The number of amides is 1. The molecule has 0 bridgehead atoms. The fraction of sp³-hybridized carbons (Fsp3) is 0.227. The van der Waals surface area contributed by atoms with Crippen LogP contribution < -0.4 is 5.56 Å². The predicted octanol–water partition coefficient (Wildman–Crippen LogP) is 2.26. The first-order valence-corrected chi connectivity index (χ1v) is 9.81. The molecular weight excluding hydrogens is 380 g/mol. The number of carbonyl (C=O) groups is 1. The van der Waals surface area contributed by atoms with Gasteiger partial charge in [0.05, 0.1) is 23.3 Å². The molecule has 1 N–H and O–H groups in total. The molecule has 1 fully saturated rings. The Bertz CT molecular complexity index is 1290. The quantitative estimate of drug-likeness (QED) is 0.567. The molecule has 0 atom stereocenters. The summed E-state index contributed by atoms with van der Waals surface area (Å²) in [5, 5.41) is 4.48. The normalized spacial score (nSPS) is 14.1.